The SMILES string of the molecule is COc1ccc(OC)c(N=S2(=O)CCC2)c1. The molecule has 1 saturated heterocycles. The van der Waals surface area contributed by atoms with Gasteiger partial charge >= 0.3 is 0 Å². The summed E-state index contributed by atoms with van der Waals surface area (Å²) in [5, 5.41) is 0. The fourth-order valence-electron chi connectivity index (χ4n) is 1.53. The number of methoxy groups -OCH3 is 2. The van der Waals surface area contributed by atoms with E-state index in [0.29, 0.717) is 28.7 Å². The van der Waals surface area contributed by atoms with Crippen LogP contribution in [-0.2, 0) is 9.73 Å². The number of benzene rings is 1. The van der Waals surface area contributed by atoms with E-state index < -0.39 is 9.73 Å². The molecule has 2 rings (SSSR count). The number of hydrogen-bond acceptors (Lipinski definition) is 4. The summed E-state index contributed by atoms with van der Waals surface area (Å²) in [6.07, 6.45) is 0.995. The summed E-state index contributed by atoms with van der Waals surface area (Å²) in [5.74, 6) is 2.71. The van der Waals surface area contributed by atoms with Crippen molar-refractivity contribution in [2.45, 2.75) is 6.42 Å². The van der Waals surface area contributed by atoms with Crippen molar-refractivity contribution in [3.63, 3.8) is 0 Å². The van der Waals surface area contributed by atoms with Crippen LogP contribution in [0.1, 0.15) is 6.42 Å². The zero-order chi connectivity index (χ0) is 11.6. The van der Waals surface area contributed by atoms with E-state index in [1.807, 2.05) is 0 Å². The molecule has 16 heavy (non-hydrogen) atoms. The lowest BCUT2D eigenvalue weighted by Crippen LogP contribution is -2.23. The summed E-state index contributed by atoms with van der Waals surface area (Å²) in [7, 11) is 1.16. The third-order valence-electron chi connectivity index (χ3n) is 2.58. The zero-order valence-corrected chi connectivity index (χ0v) is 10.3. The second kappa shape index (κ2) is 4.33. The summed E-state index contributed by atoms with van der Waals surface area (Å²) in [5.41, 5.74) is 0.617. The molecule has 0 radical (unpaired) electrons. The Morgan fingerprint density at radius 2 is 2.00 bits per heavy atom. The van der Waals surface area contributed by atoms with Crippen molar-refractivity contribution < 1.29 is 13.7 Å². The Kier molecular flexibility index (Phi) is 3.05. The molecule has 0 N–H and O–H groups in total. The van der Waals surface area contributed by atoms with Crippen molar-refractivity contribution in [1.82, 2.24) is 0 Å². The molecular formula is C11H15NO3S. The molecule has 0 amide bonds. The minimum absolute atomic E-state index is 0.617. The smallest absolute Gasteiger partial charge is 0.145 e. The predicted octanol–water partition coefficient (Wildman–Crippen LogP) is 2.21. The van der Waals surface area contributed by atoms with E-state index in [0.717, 1.165) is 6.42 Å². The monoisotopic (exact) mass is 241 g/mol. The number of nitrogens with zero attached hydrogens (tertiary/aromatic N) is 1. The summed E-state index contributed by atoms with van der Waals surface area (Å²) in [4.78, 5) is 0. The molecule has 0 saturated carbocycles. The Labute approximate surface area is 95.8 Å². The normalized spacial score (nSPS) is 17.4. The van der Waals surface area contributed by atoms with Gasteiger partial charge < -0.3 is 9.47 Å². The van der Waals surface area contributed by atoms with E-state index in [4.69, 9.17) is 9.47 Å². The van der Waals surface area contributed by atoms with Crippen LogP contribution in [0.25, 0.3) is 0 Å². The maximum absolute atomic E-state index is 12.0. The second-order valence-electron chi connectivity index (χ2n) is 3.66. The van der Waals surface area contributed by atoms with Crippen molar-refractivity contribution in [1.29, 1.82) is 0 Å². The highest BCUT2D eigenvalue weighted by Gasteiger charge is 2.20. The van der Waals surface area contributed by atoms with E-state index in [-0.39, 0.29) is 0 Å². The Hall–Kier alpha value is -1.23. The average Bonchev–Trinajstić information content (AvgIpc) is 2.27. The molecule has 0 aliphatic carbocycles. The maximum atomic E-state index is 12.0. The molecule has 1 aromatic rings. The van der Waals surface area contributed by atoms with E-state index in [1.165, 1.54) is 0 Å². The highest BCUT2D eigenvalue weighted by Crippen LogP contribution is 2.34. The molecule has 0 unspecified atom stereocenters. The lowest BCUT2D eigenvalue weighted by atomic mass is 10.3. The predicted molar refractivity (Wildman–Crippen MR) is 64.1 cm³/mol. The molecule has 0 atom stereocenters. The van der Waals surface area contributed by atoms with Crippen molar-refractivity contribution in [2.75, 3.05) is 25.7 Å². The second-order valence-corrected chi connectivity index (χ2v) is 6.21. The van der Waals surface area contributed by atoms with Gasteiger partial charge in [0.15, 0.2) is 0 Å². The standard InChI is InChI=1S/C11H15NO3S/c1-14-9-4-5-11(15-2)10(8-9)12-16(13)6-3-7-16/h4-5,8H,3,6-7H2,1-2H3. The summed E-state index contributed by atoms with van der Waals surface area (Å²) >= 11 is 0. The van der Waals surface area contributed by atoms with E-state index in [1.54, 1.807) is 32.4 Å². The molecule has 0 spiro atoms. The molecule has 4 nitrogen and oxygen atoms in total. The molecular weight excluding hydrogens is 226 g/mol. The highest BCUT2D eigenvalue weighted by atomic mass is 32.2. The van der Waals surface area contributed by atoms with E-state index >= 15 is 0 Å². The fraction of sp³-hybridized carbons (Fsp3) is 0.455. The van der Waals surface area contributed by atoms with Crippen LogP contribution in [0, 0.1) is 0 Å². The van der Waals surface area contributed by atoms with Gasteiger partial charge in [-0.25, -0.2) is 4.21 Å². The minimum atomic E-state index is -2.01. The van der Waals surface area contributed by atoms with Gasteiger partial charge in [-0.3, -0.25) is 0 Å². The van der Waals surface area contributed by atoms with Gasteiger partial charge in [0.05, 0.1) is 23.9 Å². The molecule has 5 heteroatoms. The van der Waals surface area contributed by atoms with Gasteiger partial charge in [-0.1, -0.05) is 0 Å². The summed E-state index contributed by atoms with van der Waals surface area (Å²) in [6, 6.07) is 5.33. The van der Waals surface area contributed by atoms with Crippen LogP contribution in [0.4, 0.5) is 5.69 Å². The third-order valence-corrected chi connectivity index (χ3v) is 4.96. The largest absolute Gasteiger partial charge is 0.497 e. The van der Waals surface area contributed by atoms with Crippen LogP contribution in [0.15, 0.2) is 22.6 Å². The Morgan fingerprint density at radius 1 is 1.25 bits per heavy atom. The average molecular weight is 241 g/mol. The molecule has 1 aliphatic heterocycles. The maximum Gasteiger partial charge on any atom is 0.145 e. The van der Waals surface area contributed by atoms with Crippen molar-refractivity contribution in [3.8, 4) is 11.5 Å². The Balaban J connectivity index is 2.45. The van der Waals surface area contributed by atoms with Crippen molar-refractivity contribution in [3.05, 3.63) is 18.2 Å². The van der Waals surface area contributed by atoms with E-state index in [2.05, 4.69) is 4.36 Å². The van der Waals surface area contributed by atoms with Gasteiger partial charge in [0.1, 0.15) is 17.2 Å². The lowest BCUT2D eigenvalue weighted by Gasteiger charge is -2.18. The number of rotatable bonds is 3. The number of ether oxygens (including phenoxy) is 2. The Morgan fingerprint density at radius 3 is 2.50 bits per heavy atom. The highest BCUT2D eigenvalue weighted by molar-refractivity contribution is 7.95. The quantitative estimate of drug-likeness (QED) is 0.815. The Bertz CT molecular complexity index is 494. The van der Waals surface area contributed by atoms with Gasteiger partial charge in [-0.15, -0.1) is 0 Å². The zero-order valence-electron chi connectivity index (χ0n) is 9.43. The molecule has 1 fully saturated rings. The lowest BCUT2D eigenvalue weighted by molar-refractivity contribution is 0.404. The molecule has 1 heterocycles. The van der Waals surface area contributed by atoms with Crippen LogP contribution in [0.2, 0.25) is 0 Å². The van der Waals surface area contributed by atoms with Gasteiger partial charge in [-0.2, -0.15) is 4.36 Å². The van der Waals surface area contributed by atoms with Gasteiger partial charge in [0.25, 0.3) is 0 Å². The molecule has 88 valence electrons. The van der Waals surface area contributed by atoms with Crippen LogP contribution >= 0.6 is 0 Å². The fourth-order valence-corrected chi connectivity index (χ4v) is 3.00. The summed E-state index contributed by atoms with van der Waals surface area (Å²) in [6.45, 7) is 0. The van der Waals surface area contributed by atoms with Gasteiger partial charge in [-0.05, 0) is 18.6 Å². The molecule has 1 aromatic carbocycles. The van der Waals surface area contributed by atoms with Crippen LogP contribution < -0.4 is 9.47 Å². The van der Waals surface area contributed by atoms with E-state index in [9.17, 15) is 4.21 Å². The third kappa shape index (κ3) is 2.14. The molecule has 0 bridgehead atoms. The first-order valence-electron chi connectivity index (χ1n) is 5.11. The van der Waals surface area contributed by atoms with Gasteiger partial charge in [0.2, 0.25) is 0 Å². The first kappa shape index (κ1) is 11.3. The van der Waals surface area contributed by atoms with Crippen LogP contribution in [0.5, 0.6) is 11.5 Å². The molecule has 0 aromatic heterocycles. The minimum Gasteiger partial charge on any atom is -0.497 e. The van der Waals surface area contributed by atoms with Crippen molar-refractivity contribution in [2.24, 2.45) is 4.36 Å². The number of hydrogen-bond donors (Lipinski definition) is 0. The van der Waals surface area contributed by atoms with Crippen LogP contribution in [0.3, 0.4) is 0 Å². The first-order valence-corrected chi connectivity index (χ1v) is 6.97. The molecule has 1 aliphatic rings. The topological polar surface area (TPSA) is 47.9 Å². The van der Waals surface area contributed by atoms with Crippen molar-refractivity contribution >= 4 is 15.4 Å². The van der Waals surface area contributed by atoms with Gasteiger partial charge in [0, 0.05) is 17.6 Å². The van der Waals surface area contributed by atoms with Crippen LogP contribution in [-0.4, -0.2) is 29.9 Å². The summed E-state index contributed by atoms with van der Waals surface area (Å²) < 4.78 is 26.6. The first-order chi connectivity index (χ1) is 7.67.